The molecule has 122 valence electrons. The first-order valence-corrected chi connectivity index (χ1v) is 8.27. The maximum absolute atomic E-state index is 12.8. The van der Waals surface area contributed by atoms with Crippen molar-refractivity contribution in [2.45, 2.75) is 45.2 Å². The van der Waals surface area contributed by atoms with Crippen molar-refractivity contribution in [3.05, 3.63) is 57.8 Å². The molecule has 1 amide bonds. The van der Waals surface area contributed by atoms with Crippen LogP contribution in [0.2, 0.25) is 0 Å². The van der Waals surface area contributed by atoms with Crippen LogP contribution in [0, 0.1) is 0 Å². The third-order valence-electron chi connectivity index (χ3n) is 4.63. The molecule has 0 aliphatic carbocycles. The fourth-order valence-corrected chi connectivity index (χ4v) is 3.38. The molecule has 23 heavy (non-hydrogen) atoms. The lowest BCUT2D eigenvalue weighted by Crippen LogP contribution is -2.31. The number of carbonyl (C=O) groups excluding carboxylic acids is 1. The third kappa shape index (κ3) is 2.83. The Morgan fingerprint density at radius 1 is 1.26 bits per heavy atom. The van der Waals surface area contributed by atoms with Crippen molar-refractivity contribution in [1.82, 2.24) is 14.5 Å². The van der Waals surface area contributed by atoms with Crippen LogP contribution in [0.15, 0.2) is 35.1 Å². The average Bonchev–Trinajstić information content (AvgIpc) is 2.85. The van der Waals surface area contributed by atoms with Gasteiger partial charge in [-0.15, -0.1) is 0 Å². The summed E-state index contributed by atoms with van der Waals surface area (Å²) in [5, 5.41) is 3.09. The number of amides is 1. The Bertz CT molecular complexity index is 759. The standard InChI is InChI=1S/C18H23N3O2/c1-3-14(13-9-5-4-6-10-13)19-17(22)16-15-11-7-8-12-21(15)18(23)20(16)2/h4-6,9-10,14H,3,7-8,11-12H2,1-2H3,(H,19,22). The highest BCUT2D eigenvalue weighted by Gasteiger charge is 2.26. The molecule has 2 aromatic rings. The molecule has 5 nitrogen and oxygen atoms in total. The van der Waals surface area contributed by atoms with E-state index in [9.17, 15) is 9.59 Å². The predicted molar refractivity (Wildman–Crippen MR) is 89.6 cm³/mol. The van der Waals surface area contributed by atoms with Crippen molar-refractivity contribution < 1.29 is 4.79 Å². The summed E-state index contributed by atoms with van der Waals surface area (Å²) in [6, 6.07) is 9.90. The number of fused-ring (bicyclic) bond motifs is 1. The van der Waals surface area contributed by atoms with Gasteiger partial charge in [0, 0.05) is 13.6 Å². The van der Waals surface area contributed by atoms with Crippen LogP contribution in [-0.2, 0) is 20.0 Å². The smallest absolute Gasteiger partial charge is 0.328 e. The van der Waals surface area contributed by atoms with Gasteiger partial charge in [0.25, 0.3) is 5.91 Å². The molecule has 2 heterocycles. The molecule has 0 spiro atoms. The van der Waals surface area contributed by atoms with E-state index in [1.165, 1.54) is 4.57 Å². The zero-order valence-electron chi connectivity index (χ0n) is 13.7. The molecular formula is C18H23N3O2. The molecule has 1 unspecified atom stereocenters. The van der Waals surface area contributed by atoms with Gasteiger partial charge >= 0.3 is 5.69 Å². The van der Waals surface area contributed by atoms with Crippen molar-refractivity contribution in [2.75, 3.05) is 0 Å². The van der Waals surface area contributed by atoms with Gasteiger partial charge in [0.05, 0.1) is 11.7 Å². The number of carbonyl (C=O) groups is 1. The SMILES string of the molecule is CCC(NC(=O)c1c2n(c(=O)n1C)CCCC2)c1ccccc1. The molecule has 0 radical (unpaired) electrons. The number of hydrogen-bond acceptors (Lipinski definition) is 2. The molecule has 1 atom stereocenters. The minimum Gasteiger partial charge on any atom is -0.344 e. The highest BCUT2D eigenvalue weighted by atomic mass is 16.2. The van der Waals surface area contributed by atoms with E-state index in [0.29, 0.717) is 12.2 Å². The van der Waals surface area contributed by atoms with Crippen LogP contribution in [0.4, 0.5) is 0 Å². The number of benzene rings is 1. The lowest BCUT2D eigenvalue weighted by atomic mass is 10.0. The molecule has 1 aromatic heterocycles. The Hall–Kier alpha value is -2.30. The first-order chi connectivity index (χ1) is 11.1. The van der Waals surface area contributed by atoms with Crippen molar-refractivity contribution in [1.29, 1.82) is 0 Å². The first kappa shape index (κ1) is 15.6. The largest absolute Gasteiger partial charge is 0.344 e. The van der Waals surface area contributed by atoms with Gasteiger partial charge in [0.15, 0.2) is 0 Å². The molecule has 0 saturated heterocycles. The maximum atomic E-state index is 12.8. The van der Waals surface area contributed by atoms with Gasteiger partial charge in [-0.2, -0.15) is 0 Å². The van der Waals surface area contributed by atoms with Gasteiger partial charge in [0.2, 0.25) is 0 Å². The highest BCUT2D eigenvalue weighted by molar-refractivity contribution is 5.94. The molecule has 1 aliphatic rings. The monoisotopic (exact) mass is 313 g/mol. The number of imidazole rings is 1. The molecule has 1 aliphatic heterocycles. The second-order valence-corrected chi connectivity index (χ2v) is 6.09. The summed E-state index contributed by atoms with van der Waals surface area (Å²) >= 11 is 0. The number of nitrogens with zero attached hydrogens (tertiary/aromatic N) is 2. The maximum Gasteiger partial charge on any atom is 0.328 e. The Morgan fingerprint density at radius 3 is 2.70 bits per heavy atom. The van der Waals surface area contributed by atoms with E-state index < -0.39 is 0 Å². The van der Waals surface area contributed by atoms with Gasteiger partial charge in [-0.25, -0.2) is 4.79 Å². The molecule has 1 aromatic carbocycles. The Kier molecular flexibility index (Phi) is 4.37. The minimum atomic E-state index is -0.157. The fourth-order valence-electron chi connectivity index (χ4n) is 3.38. The summed E-state index contributed by atoms with van der Waals surface area (Å²) in [4.78, 5) is 25.1. The van der Waals surface area contributed by atoms with Gasteiger partial charge in [-0.1, -0.05) is 37.3 Å². The summed E-state index contributed by atoms with van der Waals surface area (Å²) in [5.41, 5.74) is 2.40. The Morgan fingerprint density at radius 2 is 2.00 bits per heavy atom. The summed E-state index contributed by atoms with van der Waals surface area (Å²) in [5.74, 6) is -0.157. The quantitative estimate of drug-likeness (QED) is 0.942. The van der Waals surface area contributed by atoms with Gasteiger partial charge in [-0.3, -0.25) is 13.9 Å². The van der Waals surface area contributed by atoms with Crippen LogP contribution >= 0.6 is 0 Å². The highest BCUT2D eigenvalue weighted by Crippen LogP contribution is 2.20. The Balaban J connectivity index is 1.91. The third-order valence-corrected chi connectivity index (χ3v) is 4.63. The van der Waals surface area contributed by atoms with Crippen LogP contribution in [0.5, 0.6) is 0 Å². The topological polar surface area (TPSA) is 56.0 Å². The van der Waals surface area contributed by atoms with Crippen LogP contribution in [-0.4, -0.2) is 15.0 Å². The van der Waals surface area contributed by atoms with E-state index >= 15 is 0 Å². The van der Waals surface area contributed by atoms with E-state index in [1.807, 2.05) is 37.3 Å². The number of aromatic nitrogens is 2. The Labute approximate surface area is 135 Å². The van der Waals surface area contributed by atoms with Crippen LogP contribution < -0.4 is 11.0 Å². The van der Waals surface area contributed by atoms with Crippen LogP contribution in [0.1, 0.15) is 54.0 Å². The number of hydrogen-bond donors (Lipinski definition) is 1. The van der Waals surface area contributed by atoms with Crippen LogP contribution in [0.3, 0.4) is 0 Å². The van der Waals surface area contributed by atoms with Crippen molar-refractivity contribution in [3.8, 4) is 0 Å². The van der Waals surface area contributed by atoms with Crippen LogP contribution in [0.25, 0.3) is 0 Å². The molecule has 0 bridgehead atoms. The van der Waals surface area contributed by atoms with E-state index in [2.05, 4.69) is 5.32 Å². The van der Waals surface area contributed by atoms with Gasteiger partial charge < -0.3 is 5.32 Å². The molecule has 3 rings (SSSR count). The lowest BCUT2D eigenvalue weighted by molar-refractivity contribution is 0.0925. The molecule has 5 heteroatoms. The second-order valence-electron chi connectivity index (χ2n) is 6.09. The molecule has 1 N–H and O–H groups in total. The van der Waals surface area contributed by atoms with Crippen molar-refractivity contribution in [2.24, 2.45) is 7.05 Å². The van der Waals surface area contributed by atoms with E-state index in [4.69, 9.17) is 0 Å². The fraction of sp³-hybridized carbons (Fsp3) is 0.444. The van der Waals surface area contributed by atoms with Crippen molar-refractivity contribution >= 4 is 5.91 Å². The molecular weight excluding hydrogens is 290 g/mol. The summed E-state index contributed by atoms with van der Waals surface area (Å²) < 4.78 is 3.25. The summed E-state index contributed by atoms with van der Waals surface area (Å²) in [7, 11) is 1.69. The molecule has 0 fully saturated rings. The normalized spacial score (nSPS) is 15.0. The lowest BCUT2D eigenvalue weighted by Gasteiger charge is -2.19. The first-order valence-electron chi connectivity index (χ1n) is 8.27. The zero-order chi connectivity index (χ0) is 16.4. The molecule has 0 saturated carbocycles. The van der Waals surface area contributed by atoms with E-state index in [1.54, 1.807) is 11.6 Å². The van der Waals surface area contributed by atoms with Gasteiger partial charge in [-0.05, 0) is 31.2 Å². The average molecular weight is 313 g/mol. The van der Waals surface area contributed by atoms with Gasteiger partial charge in [0.1, 0.15) is 5.69 Å². The second kappa shape index (κ2) is 6.44. The summed E-state index contributed by atoms with van der Waals surface area (Å²) in [6.07, 6.45) is 3.62. The zero-order valence-corrected chi connectivity index (χ0v) is 13.7. The predicted octanol–water partition coefficient (Wildman–Crippen LogP) is 2.40. The number of nitrogens with one attached hydrogen (secondary N) is 1. The van der Waals surface area contributed by atoms with E-state index in [-0.39, 0.29) is 17.6 Å². The minimum absolute atomic E-state index is 0.0436. The van der Waals surface area contributed by atoms with E-state index in [0.717, 1.165) is 36.9 Å². The summed E-state index contributed by atoms with van der Waals surface area (Å²) in [6.45, 7) is 2.76. The van der Waals surface area contributed by atoms with Crippen molar-refractivity contribution in [3.63, 3.8) is 0 Å². The number of rotatable bonds is 4.